The summed E-state index contributed by atoms with van der Waals surface area (Å²) in [6, 6.07) is -1.43. The highest BCUT2D eigenvalue weighted by Gasteiger charge is 2.29. The Morgan fingerprint density at radius 3 is 2.32 bits per heavy atom. The summed E-state index contributed by atoms with van der Waals surface area (Å²) in [5.41, 5.74) is 0. The Bertz CT molecular complexity index is 314. The number of carbonyl (C=O) groups excluding carboxylic acids is 1. The van der Waals surface area contributed by atoms with Crippen LogP contribution in [0.2, 0.25) is 0 Å². The quantitative estimate of drug-likeness (QED) is 0.674. The maximum atomic E-state index is 12.2. The van der Waals surface area contributed by atoms with E-state index in [4.69, 9.17) is 10.2 Å². The molecule has 0 aromatic carbocycles. The highest BCUT2D eigenvalue weighted by molar-refractivity contribution is 5.82. The molecule has 1 unspecified atom stereocenters. The van der Waals surface area contributed by atoms with Crippen LogP contribution in [0.3, 0.4) is 0 Å². The first-order valence-electron chi connectivity index (χ1n) is 6.86. The van der Waals surface area contributed by atoms with Gasteiger partial charge in [-0.1, -0.05) is 26.7 Å². The second-order valence-corrected chi connectivity index (χ2v) is 5.51. The number of rotatable bonds is 6. The van der Waals surface area contributed by atoms with E-state index in [1.54, 1.807) is 4.90 Å². The Hall–Kier alpha value is -1.30. The topological polar surface area (TPSA) is 89.9 Å². The van der Waals surface area contributed by atoms with Crippen molar-refractivity contribution in [2.45, 2.75) is 51.6 Å². The molecule has 1 saturated carbocycles. The van der Waals surface area contributed by atoms with Crippen molar-refractivity contribution in [2.24, 2.45) is 5.92 Å². The van der Waals surface area contributed by atoms with Crippen LogP contribution < -0.4 is 5.32 Å². The largest absolute Gasteiger partial charge is 0.480 e. The predicted molar refractivity (Wildman–Crippen MR) is 70.8 cm³/mol. The van der Waals surface area contributed by atoms with Gasteiger partial charge >= 0.3 is 12.0 Å². The molecule has 1 rings (SSSR count). The monoisotopic (exact) mass is 272 g/mol. The van der Waals surface area contributed by atoms with Crippen LogP contribution in [-0.4, -0.2) is 52.3 Å². The molecule has 1 atom stereocenters. The average molecular weight is 272 g/mol. The number of hydrogen-bond acceptors (Lipinski definition) is 3. The number of amides is 2. The molecule has 6 heteroatoms. The number of nitrogens with one attached hydrogen (secondary N) is 1. The van der Waals surface area contributed by atoms with Crippen molar-refractivity contribution in [2.75, 3.05) is 13.2 Å². The molecular formula is C13H24N2O4. The number of carbonyl (C=O) groups is 2. The Balaban J connectivity index is 2.67. The van der Waals surface area contributed by atoms with Crippen LogP contribution in [0.4, 0.5) is 4.79 Å². The summed E-state index contributed by atoms with van der Waals surface area (Å²) in [7, 11) is 0. The Kier molecular flexibility index (Phi) is 6.08. The van der Waals surface area contributed by atoms with Crippen molar-refractivity contribution >= 4 is 12.0 Å². The van der Waals surface area contributed by atoms with Crippen LogP contribution in [0, 0.1) is 5.92 Å². The highest BCUT2D eigenvalue weighted by atomic mass is 16.4. The zero-order valence-electron chi connectivity index (χ0n) is 11.6. The first-order chi connectivity index (χ1) is 8.95. The molecule has 3 N–H and O–H groups in total. The third kappa shape index (κ3) is 4.70. The summed E-state index contributed by atoms with van der Waals surface area (Å²) in [4.78, 5) is 24.7. The van der Waals surface area contributed by atoms with E-state index in [-0.39, 0.29) is 12.1 Å². The van der Waals surface area contributed by atoms with Gasteiger partial charge in [0.15, 0.2) is 6.04 Å². The lowest BCUT2D eigenvalue weighted by atomic mass is 10.1. The molecule has 19 heavy (non-hydrogen) atoms. The van der Waals surface area contributed by atoms with Crippen LogP contribution in [0.5, 0.6) is 0 Å². The van der Waals surface area contributed by atoms with Gasteiger partial charge in [-0.3, -0.25) is 0 Å². The zero-order valence-corrected chi connectivity index (χ0v) is 11.6. The molecule has 0 aromatic rings. The minimum absolute atomic E-state index is 0.190. The average Bonchev–Trinajstić information content (AvgIpc) is 2.85. The SMILES string of the molecule is CC(C)CN(C(=O)NC(CO)C(=O)O)C1CCCC1. The molecule has 2 amide bonds. The zero-order chi connectivity index (χ0) is 14.4. The van der Waals surface area contributed by atoms with E-state index in [2.05, 4.69) is 5.32 Å². The second-order valence-electron chi connectivity index (χ2n) is 5.51. The highest BCUT2D eigenvalue weighted by Crippen LogP contribution is 2.24. The number of hydrogen-bond donors (Lipinski definition) is 3. The van der Waals surface area contributed by atoms with E-state index >= 15 is 0 Å². The fourth-order valence-corrected chi connectivity index (χ4v) is 2.42. The molecule has 1 aliphatic rings. The van der Waals surface area contributed by atoms with Crippen molar-refractivity contribution in [3.8, 4) is 0 Å². The fraction of sp³-hybridized carbons (Fsp3) is 0.846. The minimum atomic E-state index is -1.23. The van der Waals surface area contributed by atoms with Gasteiger partial charge in [0.05, 0.1) is 6.61 Å². The lowest BCUT2D eigenvalue weighted by molar-refractivity contribution is -0.140. The van der Waals surface area contributed by atoms with Crippen LogP contribution in [0.25, 0.3) is 0 Å². The standard InChI is InChI=1S/C13H24N2O4/c1-9(2)7-15(10-5-3-4-6-10)13(19)14-11(8-16)12(17)18/h9-11,16H,3-8H2,1-2H3,(H,14,19)(H,17,18). The van der Waals surface area contributed by atoms with Gasteiger partial charge in [0.25, 0.3) is 0 Å². The van der Waals surface area contributed by atoms with Gasteiger partial charge in [0, 0.05) is 12.6 Å². The van der Waals surface area contributed by atoms with Gasteiger partial charge in [-0.2, -0.15) is 0 Å². The molecule has 0 heterocycles. The van der Waals surface area contributed by atoms with Crippen molar-refractivity contribution in [3.05, 3.63) is 0 Å². The molecule has 1 aliphatic carbocycles. The van der Waals surface area contributed by atoms with E-state index in [1.807, 2.05) is 13.8 Å². The normalized spacial score (nSPS) is 17.5. The van der Waals surface area contributed by atoms with Crippen LogP contribution in [-0.2, 0) is 4.79 Å². The van der Waals surface area contributed by atoms with Gasteiger partial charge in [-0.05, 0) is 18.8 Å². The first kappa shape index (κ1) is 15.8. The number of nitrogens with zero attached hydrogens (tertiary/aromatic N) is 1. The van der Waals surface area contributed by atoms with E-state index < -0.39 is 18.6 Å². The molecule has 1 fully saturated rings. The summed E-state index contributed by atoms with van der Waals surface area (Å²) >= 11 is 0. The molecule has 6 nitrogen and oxygen atoms in total. The predicted octanol–water partition coefficient (Wildman–Crippen LogP) is 1.04. The second kappa shape index (κ2) is 7.33. The smallest absolute Gasteiger partial charge is 0.328 e. The molecule has 0 spiro atoms. The number of aliphatic carboxylic acids is 1. The number of urea groups is 1. The van der Waals surface area contributed by atoms with Gasteiger partial charge < -0.3 is 20.4 Å². The molecule has 0 bridgehead atoms. The third-order valence-corrected chi connectivity index (χ3v) is 3.37. The minimum Gasteiger partial charge on any atom is -0.480 e. The molecule has 0 saturated heterocycles. The Morgan fingerprint density at radius 2 is 1.89 bits per heavy atom. The lowest BCUT2D eigenvalue weighted by Crippen LogP contribution is -2.53. The third-order valence-electron chi connectivity index (χ3n) is 3.37. The van der Waals surface area contributed by atoms with Crippen LogP contribution in [0.1, 0.15) is 39.5 Å². The fourth-order valence-electron chi connectivity index (χ4n) is 2.42. The Morgan fingerprint density at radius 1 is 1.32 bits per heavy atom. The summed E-state index contributed by atoms with van der Waals surface area (Å²) in [6.45, 7) is 4.06. The van der Waals surface area contributed by atoms with E-state index in [1.165, 1.54) is 0 Å². The molecule has 110 valence electrons. The maximum Gasteiger partial charge on any atom is 0.328 e. The van der Waals surface area contributed by atoms with Crippen LogP contribution >= 0.6 is 0 Å². The number of aliphatic hydroxyl groups is 1. The van der Waals surface area contributed by atoms with E-state index in [0.717, 1.165) is 25.7 Å². The molecule has 0 aliphatic heterocycles. The number of aliphatic hydroxyl groups excluding tert-OH is 1. The van der Waals surface area contributed by atoms with E-state index in [0.29, 0.717) is 12.5 Å². The van der Waals surface area contributed by atoms with Crippen molar-refractivity contribution in [3.63, 3.8) is 0 Å². The van der Waals surface area contributed by atoms with E-state index in [9.17, 15) is 9.59 Å². The summed E-state index contributed by atoms with van der Waals surface area (Å²) < 4.78 is 0. The summed E-state index contributed by atoms with van der Waals surface area (Å²) in [6.07, 6.45) is 4.15. The van der Waals surface area contributed by atoms with Crippen molar-refractivity contribution in [1.82, 2.24) is 10.2 Å². The summed E-state index contributed by atoms with van der Waals surface area (Å²) in [5, 5.41) is 20.2. The maximum absolute atomic E-state index is 12.2. The van der Waals surface area contributed by atoms with Crippen LogP contribution in [0.15, 0.2) is 0 Å². The van der Waals surface area contributed by atoms with Crippen molar-refractivity contribution in [1.29, 1.82) is 0 Å². The lowest BCUT2D eigenvalue weighted by Gasteiger charge is -2.31. The molecule has 0 aromatic heterocycles. The Labute approximate surface area is 113 Å². The number of carboxylic acids is 1. The van der Waals surface area contributed by atoms with Crippen molar-refractivity contribution < 1.29 is 19.8 Å². The molecule has 0 radical (unpaired) electrons. The first-order valence-corrected chi connectivity index (χ1v) is 6.86. The van der Waals surface area contributed by atoms with Gasteiger partial charge in [0.2, 0.25) is 0 Å². The van der Waals surface area contributed by atoms with Gasteiger partial charge in [0.1, 0.15) is 0 Å². The van der Waals surface area contributed by atoms with Gasteiger partial charge in [-0.15, -0.1) is 0 Å². The number of carboxylic acid groups (broad SMARTS) is 1. The van der Waals surface area contributed by atoms with Gasteiger partial charge in [-0.25, -0.2) is 9.59 Å². The summed E-state index contributed by atoms with van der Waals surface area (Å²) in [5.74, 6) is -0.893. The molecular weight excluding hydrogens is 248 g/mol.